The van der Waals surface area contributed by atoms with Crippen LogP contribution in [0.4, 0.5) is 5.69 Å². The lowest BCUT2D eigenvalue weighted by atomic mass is 9.87. The first-order chi connectivity index (χ1) is 6.89. The molecule has 0 bridgehead atoms. The monoisotopic (exact) mass is 207 g/mol. The van der Waals surface area contributed by atoms with Gasteiger partial charge in [-0.25, -0.2) is 0 Å². The van der Waals surface area contributed by atoms with Crippen LogP contribution in [0.5, 0.6) is 0 Å². The first-order valence-corrected chi connectivity index (χ1v) is 5.42. The molecule has 1 atom stereocenters. The molecule has 1 aromatic carbocycles. The van der Waals surface area contributed by atoms with Crippen molar-refractivity contribution in [2.75, 3.05) is 11.9 Å². The van der Waals surface area contributed by atoms with Gasteiger partial charge < -0.3 is 10.4 Å². The lowest BCUT2D eigenvalue weighted by Gasteiger charge is -2.19. The molecule has 0 saturated heterocycles. The minimum Gasteiger partial charge on any atom is -0.392 e. The van der Waals surface area contributed by atoms with Gasteiger partial charge in [0.2, 0.25) is 0 Å². The van der Waals surface area contributed by atoms with E-state index in [1.807, 2.05) is 0 Å². The van der Waals surface area contributed by atoms with Gasteiger partial charge in [0.1, 0.15) is 0 Å². The lowest BCUT2D eigenvalue weighted by Crippen LogP contribution is -2.15. The maximum absolute atomic E-state index is 9.14. The molecule has 1 rings (SSSR count). The van der Waals surface area contributed by atoms with Crippen LogP contribution in [0.1, 0.15) is 33.3 Å². The smallest absolute Gasteiger partial charge is 0.0684 e. The third kappa shape index (κ3) is 3.92. The summed E-state index contributed by atoms with van der Waals surface area (Å²) < 4.78 is 0. The Morgan fingerprint density at radius 3 is 2.13 bits per heavy atom. The molecular weight excluding hydrogens is 186 g/mol. The van der Waals surface area contributed by atoms with E-state index in [1.54, 1.807) is 6.92 Å². The van der Waals surface area contributed by atoms with Gasteiger partial charge in [0.05, 0.1) is 6.10 Å². The summed E-state index contributed by atoms with van der Waals surface area (Å²) in [6.07, 6.45) is -0.313. The fourth-order valence-electron chi connectivity index (χ4n) is 1.35. The SMILES string of the molecule is CC(O)CNc1ccc(C(C)(C)C)cc1. The molecule has 0 fully saturated rings. The summed E-state index contributed by atoms with van der Waals surface area (Å²) >= 11 is 0. The van der Waals surface area contributed by atoms with Crippen molar-refractivity contribution in [2.24, 2.45) is 0 Å². The summed E-state index contributed by atoms with van der Waals surface area (Å²) in [5.41, 5.74) is 2.58. The normalized spacial score (nSPS) is 13.7. The van der Waals surface area contributed by atoms with Crippen molar-refractivity contribution in [3.63, 3.8) is 0 Å². The molecule has 2 nitrogen and oxygen atoms in total. The van der Waals surface area contributed by atoms with Crippen molar-refractivity contribution in [1.29, 1.82) is 0 Å². The summed E-state index contributed by atoms with van der Waals surface area (Å²) in [6, 6.07) is 8.38. The largest absolute Gasteiger partial charge is 0.392 e. The van der Waals surface area contributed by atoms with Gasteiger partial charge in [-0.3, -0.25) is 0 Å². The van der Waals surface area contributed by atoms with Crippen molar-refractivity contribution < 1.29 is 5.11 Å². The highest BCUT2D eigenvalue weighted by Gasteiger charge is 2.12. The molecule has 0 aliphatic heterocycles. The van der Waals surface area contributed by atoms with E-state index in [2.05, 4.69) is 50.4 Å². The predicted octanol–water partition coefficient (Wildman–Crippen LogP) is 2.78. The average molecular weight is 207 g/mol. The van der Waals surface area contributed by atoms with E-state index in [4.69, 9.17) is 5.11 Å². The van der Waals surface area contributed by atoms with Gasteiger partial charge in [0.15, 0.2) is 0 Å². The minimum absolute atomic E-state index is 0.197. The van der Waals surface area contributed by atoms with Crippen LogP contribution in [0.15, 0.2) is 24.3 Å². The van der Waals surface area contributed by atoms with Crippen LogP contribution < -0.4 is 5.32 Å². The molecule has 84 valence electrons. The van der Waals surface area contributed by atoms with Gasteiger partial charge in [-0.15, -0.1) is 0 Å². The Kier molecular flexibility index (Phi) is 3.75. The van der Waals surface area contributed by atoms with Crippen molar-refractivity contribution in [1.82, 2.24) is 0 Å². The fourth-order valence-corrected chi connectivity index (χ4v) is 1.35. The van der Waals surface area contributed by atoms with E-state index in [1.165, 1.54) is 5.56 Å². The molecule has 0 amide bonds. The maximum Gasteiger partial charge on any atom is 0.0684 e. The molecule has 1 unspecified atom stereocenters. The Bertz CT molecular complexity index is 295. The highest BCUT2D eigenvalue weighted by Crippen LogP contribution is 2.23. The Hall–Kier alpha value is -1.02. The number of anilines is 1. The Labute approximate surface area is 92.3 Å². The van der Waals surface area contributed by atoms with Crippen molar-refractivity contribution in [2.45, 2.75) is 39.2 Å². The molecule has 2 heteroatoms. The van der Waals surface area contributed by atoms with E-state index >= 15 is 0 Å². The van der Waals surface area contributed by atoms with Gasteiger partial charge in [-0.1, -0.05) is 32.9 Å². The highest BCUT2D eigenvalue weighted by atomic mass is 16.3. The molecule has 0 aliphatic rings. The Balaban J connectivity index is 2.65. The third-order valence-corrected chi connectivity index (χ3v) is 2.35. The number of hydrogen-bond acceptors (Lipinski definition) is 2. The van der Waals surface area contributed by atoms with Crippen LogP contribution in [-0.4, -0.2) is 17.8 Å². The molecular formula is C13H21NO. The second kappa shape index (κ2) is 4.67. The van der Waals surface area contributed by atoms with Gasteiger partial charge in [0, 0.05) is 12.2 Å². The molecule has 0 radical (unpaired) electrons. The Morgan fingerprint density at radius 2 is 1.73 bits per heavy atom. The first kappa shape index (κ1) is 12.1. The zero-order valence-electron chi connectivity index (χ0n) is 10.0. The first-order valence-electron chi connectivity index (χ1n) is 5.42. The van der Waals surface area contributed by atoms with E-state index in [9.17, 15) is 0 Å². The minimum atomic E-state index is -0.313. The molecule has 0 aliphatic carbocycles. The topological polar surface area (TPSA) is 32.3 Å². The summed E-state index contributed by atoms with van der Waals surface area (Å²) in [5.74, 6) is 0. The van der Waals surface area contributed by atoms with Gasteiger partial charge >= 0.3 is 0 Å². The number of rotatable bonds is 3. The Morgan fingerprint density at radius 1 is 1.20 bits per heavy atom. The van der Waals surface area contributed by atoms with Crippen LogP contribution in [-0.2, 0) is 5.41 Å². The zero-order chi connectivity index (χ0) is 11.5. The summed E-state index contributed by atoms with van der Waals surface area (Å²) in [7, 11) is 0. The summed E-state index contributed by atoms with van der Waals surface area (Å²) in [4.78, 5) is 0. The molecule has 2 N–H and O–H groups in total. The number of aliphatic hydroxyl groups is 1. The zero-order valence-corrected chi connectivity index (χ0v) is 10.0. The van der Waals surface area contributed by atoms with E-state index in [-0.39, 0.29) is 11.5 Å². The van der Waals surface area contributed by atoms with Crippen LogP contribution in [0, 0.1) is 0 Å². The number of aliphatic hydroxyl groups excluding tert-OH is 1. The quantitative estimate of drug-likeness (QED) is 0.798. The second-order valence-electron chi connectivity index (χ2n) is 5.06. The molecule has 0 aromatic heterocycles. The number of benzene rings is 1. The van der Waals surface area contributed by atoms with Gasteiger partial charge in [-0.05, 0) is 30.0 Å². The van der Waals surface area contributed by atoms with Gasteiger partial charge in [0.25, 0.3) is 0 Å². The van der Waals surface area contributed by atoms with Crippen LogP contribution in [0.25, 0.3) is 0 Å². The van der Waals surface area contributed by atoms with Crippen molar-refractivity contribution >= 4 is 5.69 Å². The van der Waals surface area contributed by atoms with Crippen molar-refractivity contribution in [3.05, 3.63) is 29.8 Å². The number of hydrogen-bond donors (Lipinski definition) is 2. The molecule has 0 heterocycles. The van der Waals surface area contributed by atoms with Crippen LogP contribution >= 0.6 is 0 Å². The third-order valence-electron chi connectivity index (χ3n) is 2.35. The van der Waals surface area contributed by atoms with E-state index in [0.717, 1.165) is 5.69 Å². The van der Waals surface area contributed by atoms with Crippen LogP contribution in [0.2, 0.25) is 0 Å². The summed E-state index contributed by atoms with van der Waals surface area (Å²) in [6.45, 7) is 8.97. The average Bonchev–Trinajstić information content (AvgIpc) is 2.14. The van der Waals surface area contributed by atoms with Crippen LogP contribution in [0.3, 0.4) is 0 Å². The van der Waals surface area contributed by atoms with Gasteiger partial charge in [-0.2, -0.15) is 0 Å². The van der Waals surface area contributed by atoms with E-state index < -0.39 is 0 Å². The molecule has 0 saturated carbocycles. The fraction of sp³-hybridized carbons (Fsp3) is 0.538. The number of nitrogens with one attached hydrogen (secondary N) is 1. The lowest BCUT2D eigenvalue weighted by molar-refractivity contribution is 0.208. The summed E-state index contributed by atoms with van der Waals surface area (Å²) in [5, 5.41) is 12.3. The van der Waals surface area contributed by atoms with E-state index in [0.29, 0.717) is 6.54 Å². The molecule has 0 spiro atoms. The maximum atomic E-state index is 9.14. The standard InChI is InChI=1S/C13H21NO/c1-10(15)9-14-12-7-5-11(6-8-12)13(2,3)4/h5-8,10,14-15H,9H2,1-4H3. The highest BCUT2D eigenvalue weighted by molar-refractivity contribution is 5.45. The molecule has 15 heavy (non-hydrogen) atoms. The van der Waals surface area contributed by atoms with Crippen molar-refractivity contribution in [3.8, 4) is 0 Å². The second-order valence-corrected chi connectivity index (χ2v) is 5.06. The molecule has 1 aromatic rings. The predicted molar refractivity (Wildman–Crippen MR) is 65.3 cm³/mol.